The molecule has 0 saturated carbocycles. The van der Waals surface area contributed by atoms with E-state index in [-0.39, 0.29) is 6.04 Å². The van der Waals surface area contributed by atoms with Crippen molar-refractivity contribution in [1.82, 2.24) is 5.48 Å². The van der Waals surface area contributed by atoms with Crippen LogP contribution in [0.1, 0.15) is 12.0 Å². The van der Waals surface area contributed by atoms with Crippen molar-refractivity contribution in [3.63, 3.8) is 0 Å². The third kappa shape index (κ3) is 4.60. The molecule has 0 fully saturated rings. The molecule has 0 spiro atoms. The van der Waals surface area contributed by atoms with Gasteiger partial charge in [0.15, 0.2) is 0 Å². The molecule has 1 unspecified atom stereocenters. The van der Waals surface area contributed by atoms with Crippen LogP contribution in [0, 0.1) is 0 Å². The monoisotopic (exact) mass is 299 g/mol. The molecule has 0 aliphatic heterocycles. The van der Waals surface area contributed by atoms with Gasteiger partial charge in [-0.3, -0.25) is 0 Å². The summed E-state index contributed by atoms with van der Waals surface area (Å²) in [4.78, 5) is 4.69. The zero-order chi connectivity index (χ0) is 12.8. The fourth-order valence-corrected chi connectivity index (χ4v) is 2.47. The molecule has 0 radical (unpaired) electrons. The summed E-state index contributed by atoms with van der Waals surface area (Å²) in [5.41, 5.74) is 3.34. The van der Waals surface area contributed by atoms with Gasteiger partial charge in [-0.15, -0.1) is 0 Å². The van der Waals surface area contributed by atoms with E-state index in [1.54, 1.807) is 12.1 Å². The first-order valence-corrected chi connectivity index (χ1v) is 6.19. The zero-order valence-electron chi connectivity index (χ0n) is 9.27. The fraction of sp³-hybridized carbons (Fsp3) is 0.455. The third-order valence-corrected chi connectivity index (χ3v) is 3.21. The van der Waals surface area contributed by atoms with Crippen LogP contribution in [0.4, 0.5) is 4.39 Å². The highest BCUT2D eigenvalue weighted by Gasteiger charge is 2.12. The molecule has 1 rings (SSSR count). The van der Waals surface area contributed by atoms with E-state index in [0.29, 0.717) is 27.9 Å². The van der Waals surface area contributed by atoms with E-state index in [1.165, 1.54) is 7.11 Å². The van der Waals surface area contributed by atoms with E-state index in [4.69, 9.17) is 34.8 Å². The molecule has 0 bridgehead atoms. The lowest BCUT2D eigenvalue weighted by Gasteiger charge is -2.14. The van der Waals surface area contributed by atoms with E-state index in [1.807, 2.05) is 0 Å². The normalized spacial score (nSPS) is 12.8. The van der Waals surface area contributed by atoms with Crippen LogP contribution in [0.15, 0.2) is 12.1 Å². The summed E-state index contributed by atoms with van der Waals surface area (Å²) in [6.07, 6.45) is 1.09. The second-order valence-electron chi connectivity index (χ2n) is 3.56. The molecule has 17 heavy (non-hydrogen) atoms. The van der Waals surface area contributed by atoms with Crippen LogP contribution < -0.4 is 5.48 Å². The number of hydrogen-bond acceptors (Lipinski definition) is 2. The molecule has 6 heteroatoms. The largest absolute Gasteiger partial charge is 0.305 e. The molecule has 2 nitrogen and oxygen atoms in total. The van der Waals surface area contributed by atoms with Gasteiger partial charge in [-0.1, -0.05) is 34.8 Å². The number of benzene rings is 1. The Hall–Kier alpha value is -0.0600. The Morgan fingerprint density at radius 3 is 2.35 bits per heavy atom. The summed E-state index contributed by atoms with van der Waals surface area (Å²) in [5.74, 6) is 0. The van der Waals surface area contributed by atoms with Gasteiger partial charge in [0, 0.05) is 15.1 Å². The third-order valence-electron chi connectivity index (χ3n) is 2.32. The average Bonchev–Trinajstić information content (AvgIpc) is 2.26. The van der Waals surface area contributed by atoms with E-state index in [9.17, 15) is 4.39 Å². The molecule has 0 aromatic heterocycles. The van der Waals surface area contributed by atoms with E-state index in [2.05, 4.69) is 10.3 Å². The average molecular weight is 301 g/mol. The van der Waals surface area contributed by atoms with Gasteiger partial charge in [0.1, 0.15) is 6.67 Å². The lowest BCUT2D eigenvalue weighted by atomic mass is 10.1. The highest BCUT2D eigenvalue weighted by atomic mass is 35.5. The SMILES string of the molecule is CONC(CF)CCc1c(Cl)cc(Cl)cc1Cl. The van der Waals surface area contributed by atoms with Gasteiger partial charge in [0.05, 0.1) is 13.2 Å². The van der Waals surface area contributed by atoms with Crippen LogP contribution in [0.2, 0.25) is 15.1 Å². The Labute approximate surface area is 115 Å². The van der Waals surface area contributed by atoms with Gasteiger partial charge < -0.3 is 4.84 Å². The molecule has 0 amide bonds. The predicted molar refractivity (Wildman–Crippen MR) is 69.7 cm³/mol. The van der Waals surface area contributed by atoms with Crippen LogP contribution in [0.25, 0.3) is 0 Å². The molecule has 96 valence electrons. The summed E-state index contributed by atoms with van der Waals surface area (Å²) in [5, 5.41) is 1.48. The van der Waals surface area contributed by atoms with Crippen LogP contribution >= 0.6 is 34.8 Å². The Morgan fingerprint density at radius 1 is 1.29 bits per heavy atom. The minimum absolute atomic E-state index is 0.372. The van der Waals surface area contributed by atoms with Gasteiger partial charge in [-0.2, -0.15) is 5.48 Å². The summed E-state index contributed by atoms with van der Waals surface area (Å²) in [6, 6.07) is 2.87. The summed E-state index contributed by atoms with van der Waals surface area (Å²) < 4.78 is 12.6. The van der Waals surface area contributed by atoms with E-state index < -0.39 is 6.67 Å². The fourth-order valence-electron chi connectivity index (χ4n) is 1.46. The smallest absolute Gasteiger partial charge is 0.107 e. The number of rotatable bonds is 6. The van der Waals surface area contributed by atoms with Crippen LogP contribution in [0.5, 0.6) is 0 Å². The van der Waals surface area contributed by atoms with Gasteiger partial charge in [-0.25, -0.2) is 4.39 Å². The lowest BCUT2D eigenvalue weighted by molar-refractivity contribution is 0.0500. The van der Waals surface area contributed by atoms with Gasteiger partial charge >= 0.3 is 0 Å². The lowest BCUT2D eigenvalue weighted by Crippen LogP contribution is -2.30. The number of hydrogen-bond donors (Lipinski definition) is 1. The first kappa shape index (κ1) is 15.0. The maximum atomic E-state index is 12.6. The Balaban J connectivity index is 2.68. The minimum atomic E-state index is -0.517. The van der Waals surface area contributed by atoms with Crippen molar-refractivity contribution in [2.45, 2.75) is 18.9 Å². The first-order chi connectivity index (χ1) is 8.08. The standard InChI is InChI=1S/C11H13Cl3FNO/c1-17-16-8(6-15)2-3-9-10(13)4-7(12)5-11(9)14/h4-5,8,16H,2-3,6H2,1H3. The van der Waals surface area contributed by atoms with Crippen molar-refractivity contribution in [2.75, 3.05) is 13.8 Å². The Kier molecular flexibility index (Phi) is 6.52. The van der Waals surface area contributed by atoms with Crippen molar-refractivity contribution in [1.29, 1.82) is 0 Å². The summed E-state index contributed by atoms with van der Waals surface area (Å²) in [6.45, 7) is -0.517. The first-order valence-electron chi connectivity index (χ1n) is 5.06. The molecule has 1 aromatic carbocycles. The van der Waals surface area contributed by atoms with Crippen molar-refractivity contribution < 1.29 is 9.23 Å². The van der Waals surface area contributed by atoms with Crippen LogP contribution in [0.3, 0.4) is 0 Å². The molecular weight excluding hydrogens is 287 g/mol. The zero-order valence-corrected chi connectivity index (χ0v) is 11.5. The number of halogens is 4. The number of alkyl halides is 1. The summed E-state index contributed by atoms with van der Waals surface area (Å²) in [7, 11) is 1.45. The number of hydroxylamine groups is 1. The van der Waals surface area contributed by atoms with Gasteiger partial charge in [-0.05, 0) is 30.5 Å². The molecule has 1 N–H and O–H groups in total. The molecule has 0 heterocycles. The Bertz CT molecular complexity index is 353. The molecule has 0 aliphatic carbocycles. The molecule has 0 aliphatic rings. The van der Waals surface area contributed by atoms with Crippen LogP contribution in [-0.4, -0.2) is 19.8 Å². The minimum Gasteiger partial charge on any atom is -0.305 e. The molecular formula is C11H13Cl3FNO. The van der Waals surface area contributed by atoms with Crippen molar-refractivity contribution in [3.05, 3.63) is 32.8 Å². The van der Waals surface area contributed by atoms with Gasteiger partial charge in [0.25, 0.3) is 0 Å². The van der Waals surface area contributed by atoms with Crippen molar-refractivity contribution >= 4 is 34.8 Å². The molecule has 1 atom stereocenters. The van der Waals surface area contributed by atoms with E-state index in [0.717, 1.165) is 5.56 Å². The quantitative estimate of drug-likeness (QED) is 0.800. The second kappa shape index (κ2) is 7.39. The maximum absolute atomic E-state index is 12.6. The summed E-state index contributed by atoms with van der Waals surface area (Å²) >= 11 is 17.8. The molecule has 0 saturated heterocycles. The highest BCUT2D eigenvalue weighted by molar-refractivity contribution is 6.39. The topological polar surface area (TPSA) is 21.3 Å². The second-order valence-corrected chi connectivity index (χ2v) is 4.81. The molecule has 1 aromatic rings. The maximum Gasteiger partial charge on any atom is 0.107 e. The van der Waals surface area contributed by atoms with Crippen molar-refractivity contribution in [2.24, 2.45) is 0 Å². The van der Waals surface area contributed by atoms with Gasteiger partial charge in [0.2, 0.25) is 0 Å². The van der Waals surface area contributed by atoms with Crippen LogP contribution in [-0.2, 0) is 11.3 Å². The Morgan fingerprint density at radius 2 is 1.88 bits per heavy atom. The highest BCUT2D eigenvalue weighted by Crippen LogP contribution is 2.30. The predicted octanol–water partition coefficient (Wildman–Crippen LogP) is 4.07. The number of nitrogens with one attached hydrogen (secondary N) is 1. The van der Waals surface area contributed by atoms with E-state index >= 15 is 0 Å². The van der Waals surface area contributed by atoms with Crippen molar-refractivity contribution in [3.8, 4) is 0 Å².